The molecule has 0 aliphatic rings. The van der Waals surface area contributed by atoms with E-state index in [0.717, 1.165) is 10.2 Å². The molecule has 0 radical (unpaired) electrons. The van der Waals surface area contributed by atoms with E-state index in [1.807, 2.05) is 0 Å². The smallest absolute Gasteiger partial charge is 0.0701 e. The van der Waals surface area contributed by atoms with Crippen LogP contribution in [0.25, 0.3) is 0 Å². The lowest BCUT2D eigenvalue weighted by Crippen LogP contribution is -2.02. The summed E-state index contributed by atoms with van der Waals surface area (Å²) in [7, 11) is 0. The molecule has 12 heavy (non-hydrogen) atoms. The van der Waals surface area contributed by atoms with Crippen molar-refractivity contribution < 1.29 is 9.84 Å². The van der Waals surface area contributed by atoms with Gasteiger partial charge in [-0.3, -0.25) is 0 Å². The van der Waals surface area contributed by atoms with E-state index in [1.54, 1.807) is 11.3 Å². The molecule has 0 aliphatic carbocycles. The first-order valence-electron chi connectivity index (χ1n) is 3.74. The number of halogens is 1. The van der Waals surface area contributed by atoms with Gasteiger partial charge in [0.1, 0.15) is 0 Å². The molecule has 1 N–H and O–H groups in total. The van der Waals surface area contributed by atoms with Crippen LogP contribution < -0.4 is 0 Å². The molecule has 0 atom stereocenters. The molecule has 1 rings (SSSR count). The SMILES string of the molecule is OCCOCCc1csc(Br)c1. The van der Waals surface area contributed by atoms with Gasteiger partial charge in [0, 0.05) is 0 Å². The van der Waals surface area contributed by atoms with Crippen LogP contribution in [-0.2, 0) is 11.2 Å². The van der Waals surface area contributed by atoms with Crippen LogP contribution in [-0.4, -0.2) is 24.9 Å². The topological polar surface area (TPSA) is 29.5 Å². The first-order valence-corrected chi connectivity index (χ1v) is 5.41. The van der Waals surface area contributed by atoms with Gasteiger partial charge in [-0.15, -0.1) is 11.3 Å². The molecule has 0 aliphatic heterocycles. The van der Waals surface area contributed by atoms with Crippen LogP contribution in [0.3, 0.4) is 0 Å². The standard InChI is InChI=1S/C8H11BrO2S/c9-8-5-7(6-12-8)1-3-11-4-2-10/h5-6,10H,1-4H2. The summed E-state index contributed by atoms with van der Waals surface area (Å²) in [5.74, 6) is 0. The van der Waals surface area contributed by atoms with E-state index >= 15 is 0 Å². The zero-order valence-electron chi connectivity index (χ0n) is 6.62. The molecule has 4 heteroatoms. The van der Waals surface area contributed by atoms with Gasteiger partial charge in [-0.1, -0.05) is 0 Å². The van der Waals surface area contributed by atoms with Crippen molar-refractivity contribution in [2.75, 3.05) is 19.8 Å². The van der Waals surface area contributed by atoms with Crippen LogP contribution in [0.4, 0.5) is 0 Å². The predicted molar refractivity (Wildman–Crippen MR) is 53.6 cm³/mol. The molecule has 0 saturated carbocycles. The van der Waals surface area contributed by atoms with Gasteiger partial charge in [-0.2, -0.15) is 0 Å². The molecule has 0 spiro atoms. The highest BCUT2D eigenvalue weighted by Crippen LogP contribution is 2.20. The van der Waals surface area contributed by atoms with Crippen molar-refractivity contribution in [3.63, 3.8) is 0 Å². The number of hydrogen-bond acceptors (Lipinski definition) is 3. The molecule has 0 unspecified atom stereocenters. The van der Waals surface area contributed by atoms with E-state index in [0.29, 0.717) is 13.2 Å². The first kappa shape index (κ1) is 10.2. The Morgan fingerprint density at radius 3 is 2.92 bits per heavy atom. The molecule has 1 aromatic rings. The highest BCUT2D eigenvalue weighted by Gasteiger charge is 1.96. The molecule has 0 bridgehead atoms. The minimum absolute atomic E-state index is 0.104. The maximum absolute atomic E-state index is 8.44. The molecule has 0 saturated heterocycles. The van der Waals surface area contributed by atoms with Gasteiger partial charge in [0.2, 0.25) is 0 Å². The van der Waals surface area contributed by atoms with Crippen molar-refractivity contribution in [3.8, 4) is 0 Å². The van der Waals surface area contributed by atoms with Crippen molar-refractivity contribution in [2.45, 2.75) is 6.42 Å². The third kappa shape index (κ3) is 3.67. The fourth-order valence-electron chi connectivity index (χ4n) is 0.834. The number of aliphatic hydroxyl groups excluding tert-OH is 1. The Kier molecular flexibility index (Phi) is 4.83. The molecule has 0 fully saturated rings. The highest BCUT2D eigenvalue weighted by molar-refractivity contribution is 9.11. The van der Waals surface area contributed by atoms with E-state index in [-0.39, 0.29) is 6.61 Å². The predicted octanol–water partition coefficient (Wildman–Crippen LogP) is 2.06. The maximum atomic E-state index is 8.44. The molecule has 0 amide bonds. The number of aliphatic hydroxyl groups is 1. The van der Waals surface area contributed by atoms with Crippen LogP contribution in [0.1, 0.15) is 5.56 Å². The van der Waals surface area contributed by atoms with E-state index in [9.17, 15) is 0 Å². The van der Waals surface area contributed by atoms with E-state index in [1.165, 1.54) is 5.56 Å². The molecule has 2 nitrogen and oxygen atoms in total. The molecular formula is C8H11BrO2S. The quantitative estimate of drug-likeness (QED) is 0.812. The molecular weight excluding hydrogens is 240 g/mol. The highest BCUT2D eigenvalue weighted by atomic mass is 79.9. The summed E-state index contributed by atoms with van der Waals surface area (Å²) in [5.41, 5.74) is 1.28. The van der Waals surface area contributed by atoms with Gasteiger partial charge < -0.3 is 9.84 Å². The zero-order chi connectivity index (χ0) is 8.81. The number of ether oxygens (including phenoxy) is 1. The van der Waals surface area contributed by atoms with Crippen molar-refractivity contribution in [2.24, 2.45) is 0 Å². The summed E-state index contributed by atoms with van der Waals surface area (Å²) >= 11 is 5.07. The second-order valence-corrected chi connectivity index (χ2v) is 4.64. The fourth-order valence-corrected chi connectivity index (χ4v) is 2.08. The fraction of sp³-hybridized carbons (Fsp3) is 0.500. The largest absolute Gasteiger partial charge is 0.394 e. The zero-order valence-corrected chi connectivity index (χ0v) is 9.03. The summed E-state index contributed by atoms with van der Waals surface area (Å²) in [5, 5.41) is 10.5. The Bertz CT molecular complexity index is 225. The summed E-state index contributed by atoms with van der Waals surface area (Å²) in [4.78, 5) is 0. The average Bonchev–Trinajstić information content (AvgIpc) is 2.45. The lowest BCUT2D eigenvalue weighted by molar-refractivity contribution is 0.0945. The van der Waals surface area contributed by atoms with Crippen LogP contribution in [0.5, 0.6) is 0 Å². The van der Waals surface area contributed by atoms with Gasteiger partial charge in [0.25, 0.3) is 0 Å². The van der Waals surface area contributed by atoms with Gasteiger partial charge in [-0.25, -0.2) is 0 Å². The monoisotopic (exact) mass is 250 g/mol. The Morgan fingerprint density at radius 1 is 1.50 bits per heavy atom. The van der Waals surface area contributed by atoms with Gasteiger partial charge >= 0.3 is 0 Å². The minimum atomic E-state index is 0.104. The number of thiophene rings is 1. The lowest BCUT2D eigenvalue weighted by atomic mass is 10.3. The normalized spacial score (nSPS) is 10.5. The second-order valence-electron chi connectivity index (χ2n) is 2.35. The van der Waals surface area contributed by atoms with Gasteiger partial charge in [-0.05, 0) is 39.4 Å². The third-order valence-electron chi connectivity index (χ3n) is 1.39. The molecule has 1 heterocycles. The van der Waals surface area contributed by atoms with Crippen LogP contribution >= 0.6 is 27.3 Å². The lowest BCUT2D eigenvalue weighted by Gasteiger charge is -1.99. The van der Waals surface area contributed by atoms with E-state index in [2.05, 4.69) is 27.4 Å². The molecule has 68 valence electrons. The maximum Gasteiger partial charge on any atom is 0.0701 e. The van der Waals surface area contributed by atoms with E-state index in [4.69, 9.17) is 9.84 Å². The summed E-state index contributed by atoms with van der Waals surface area (Å²) < 4.78 is 6.29. The van der Waals surface area contributed by atoms with Crippen molar-refractivity contribution in [3.05, 3.63) is 20.8 Å². The minimum Gasteiger partial charge on any atom is -0.394 e. The second kappa shape index (κ2) is 5.70. The Hall–Kier alpha value is 0.100. The average molecular weight is 251 g/mol. The molecule has 0 aromatic carbocycles. The van der Waals surface area contributed by atoms with Crippen LogP contribution in [0.15, 0.2) is 15.2 Å². The van der Waals surface area contributed by atoms with Crippen molar-refractivity contribution >= 4 is 27.3 Å². The Morgan fingerprint density at radius 2 is 2.33 bits per heavy atom. The summed E-state index contributed by atoms with van der Waals surface area (Å²) in [6.45, 7) is 1.22. The van der Waals surface area contributed by atoms with Crippen LogP contribution in [0.2, 0.25) is 0 Å². The summed E-state index contributed by atoms with van der Waals surface area (Å²) in [6, 6.07) is 2.09. The Labute approximate surface area is 84.3 Å². The van der Waals surface area contributed by atoms with E-state index < -0.39 is 0 Å². The summed E-state index contributed by atoms with van der Waals surface area (Å²) in [6.07, 6.45) is 0.919. The van der Waals surface area contributed by atoms with Gasteiger partial charge in [0.05, 0.1) is 23.6 Å². The third-order valence-corrected chi connectivity index (χ3v) is 2.95. The number of rotatable bonds is 5. The van der Waals surface area contributed by atoms with Crippen molar-refractivity contribution in [1.29, 1.82) is 0 Å². The number of hydrogen-bond donors (Lipinski definition) is 1. The molecule has 1 aromatic heterocycles. The van der Waals surface area contributed by atoms with Gasteiger partial charge in [0.15, 0.2) is 0 Å². The first-order chi connectivity index (χ1) is 5.83. The Balaban J connectivity index is 2.15. The van der Waals surface area contributed by atoms with Crippen molar-refractivity contribution in [1.82, 2.24) is 0 Å². The van der Waals surface area contributed by atoms with Crippen LogP contribution in [0, 0.1) is 0 Å².